The van der Waals surface area contributed by atoms with Gasteiger partial charge in [-0.05, 0) is 18.3 Å². The van der Waals surface area contributed by atoms with E-state index in [4.69, 9.17) is 0 Å². The molecular formula is C10H18O2. The van der Waals surface area contributed by atoms with E-state index in [2.05, 4.69) is 0 Å². The van der Waals surface area contributed by atoms with Crippen molar-refractivity contribution in [2.45, 2.75) is 46.5 Å². The zero-order valence-corrected chi connectivity index (χ0v) is 8.18. The summed E-state index contributed by atoms with van der Waals surface area (Å²) in [5.41, 5.74) is -0.553. The first-order chi connectivity index (χ1) is 5.40. The summed E-state index contributed by atoms with van der Waals surface area (Å²) in [6, 6.07) is 0. The van der Waals surface area contributed by atoms with Crippen molar-refractivity contribution < 1.29 is 9.90 Å². The van der Waals surface area contributed by atoms with Crippen molar-refractivity contribution in [1.29, 1.82) is 0 Å². The van der Waals surface area contributed by atoms with Crippen LogP contribution in [-0.4, -0.2) is 11.1 Å². The van der Waals surface area contributed by atoms with Crippen LogP contribution in [0.4, 0.5) is 0 Å². The molecule has 2 nitrogen and oxygen atoms in total. The predicted molar refractivity (Wildman–Crippen MR) is 48.0 cm³/mol. The standard InChI is InChI=1S/C10H18O2/c1-9(2,3)10(8(11)12)6-4-5-7-10/h4-7H2,1-3H3,(H,11,12). The lowest BCUT2D eigenvalue weighted by atomic mass is 9.65. The van der Waals surface area contributed by atoms with E-state index in [1.54, 1.807) is 0 Å². The summed E-state index contributed by atoms with van der Waals surface area (Å²) in [6.07, 6.45) is 3.85. The van der Waals surface area contributed by atoms with Crippen LogP contribution in [0, 0.1) is 10.8 Å². The normalized spacial score (nSPS) is 22.6. The fraction of sp³-hybridized carbons (Fsp3) is 0.900. The lowest BCUT2D eigenvalue weighted by molar-refractivity contribution is -0.155. The number of carboxylic acids is 1. The largest absolute Gasteiger partial charge is 0.481 e. The van der Waals surface area contributed by atoms with Crippen LogP contribution in [0.2, 0.25) is 0 Å². The molecule has 0 bridgehead atoms. The lowest BCUT2D eigenvalue weighted by Gasteiger charge is -2.37. The minimum atomic E-state index is -0.604. The number of carbonyl (C=O) groups is 1. The number of carboxylic acid groups (broad SMARTS) is 1. The second kappa shape index (κ2) is 2.75. The first-order valence-electron chi connectivity index (χ1n) is 4.63. The number of rotatable bonds is 1. The van der Waals surface area contributed by atoms with Gasteiger partial charge in [0.1, 0.15) is 0 Å². The van der Waals surface area contributed by atoms with Gasteiger partial charge in [0.05, 0.1) is 5.41 Å². The highest BCUT2D eigenvalue weighted by Crippen LogP contribution is 2.51. The molecule has 70 valence electrons. The van der Waals surface area contributed by atoms with Gasteiger partial charge in [-0.2, -0.15) is 0 Å². The Morgan fingerprint density at radius 3 is 1.83 bits per heavy atom. The van der Waals surface area contributed by atoms with Crippen LogP contribution in [-0.2, 0) is 4.79 Å². The van der Waals surface area contributed by atoms with Crippen molar-refractivity contribution in [2.75, 3.05) is 0 Å². The molecule has 1 rings (SSSR count). The van der Waals surface area contributed by atoms with Crippen LogP contribution in [0.1, 0.15) is 46.5 Å². The molecule has 12 heavy (non-hydrogen) atoms. The second-order valence-corrected chi connectivity index (χ2v) is 4.84. The Bertz CT molecular complexity index is 183. The maximum Gasteiger partial charge on any atom is 0.310 e. The van der Waals surface area contributed by atoms with Gasteiger partial charge in [0, 0.05) is 0 Å². The number of hydrogen-bond acceptors (Lipinski definition) is 1. The lowest BCUT2D eigenvalue weighted by Crippen LogP contribution is -2.40. The van der Waals surface area contributed by atoms with Gasteiger partial charge in [0.15, 0.2) is 0 Å². The molecular weight excluding hydrogens is 152 g/mol. The van der Waals surface area contributed by atoms with Gasteiger partial charge >= 0.3 is 5.97 Å². The fourth-order valence-electron chi connectivity index (χ4n) is 2.26. The summed E-state index contributed by atoms with van der Waals surface area (Å²) < 4.78 is 0. The predicted octanol–water partition coefficient (Wildman–Crippen LogP) is 2.68. The first kappa shape index (κ1) is 9.56. The van der Waals surface area contributed by atoms with E-state index in [9.17, 15) is 9.90 Å². The second-order valence-electron chi connectivity index (χ2n) is 4.84. The van der Waals surface area contributed by atoms with Crippen molar-refractivity contribution in [1.82, 2.24) is 0 Å². The maximum absolute atomic E-state index is 11.2. The van der Waals surface area contributed by atoms with Crippen LogP contribution in [0.5, 0.6) is 0 Å². The fourth-order valence-corrected chi connectivity index (χ4v) is 2.26. The van der Waals surface area contributed by atoms with Crippen LogP contribution >= 0.6 is 0 Å². The Morgan fingerprint density at radius 2 is 1.67 bits per heavy atom. The van der Waals surface area contributed by atoms with E-state index >= 15 is 0 Å². The summed E-state index contributed by atoms with van der Waals surface area (Å²) in [4.78, 5) is 11.2. The molecule has 0 unspecified atom stereocenters. The zero-order valence-electron chi connectivity index (χ0n) is 8.18. The minimum Gasteiger partial charge on any atom is -0.481 e. The third-order valence-corrected chi connectivity index (χ3v) is 3.30. The quantitative estimate of drug-likeness (QED) is 0.657. The smallest absolute Gasteiger partial charge is 0.310 e. The van der Waals surface area contributed by atoms with Crippen LogP contribution in [0.3, 0.4) is 0 Å². The van der Waals surface area contributed by atoms with Gasteiger partial charge in [0.2, 0.25) is 0 Å². The van der Waals surface area contributed by atoms with Gasteiger partial charge in [-0.1, -0.05) is 33.6 Å². The Labute approximate surface area is 74.0 Å². The first-order valence-corrected chi connectivity index (χ1v) is 4.63. The molecule has 1 aliphatic rings. The molecule has 0 atom stereocenters. The van der Waals surface area contributed by atoms with Gasteiger partial charge in [-0.15, -0.1) is 0 Å². The topological polar surface area (TPSA) is 37.3 Å². The molecule has 0 radical (unpaired) electrons. The highest BCUT2D eigenvalue weighted by Gasteiger charge is 2.50. The van der Waals surface area contributed by atoms with Crippen molar-refractivity contribution in [2.24, 2.45) is 10.8 Å². The van der Waals surface area contributed by atoms with Crippen LogP contribution in [0.15, 0.2) is 0 Å². The summed E-state index contributed by atoms with van der Waals surface area (Å²) in [7, 11) is 0. The van der Waals surface area contributed by atoms with Gasteiger partial charge in [0.25, 0.3) is 0 Å². The summed E-state index contributed by atoms with van der Waals surface area (Å²) >= 11 is 0. The van der Waals surface area contributed by atoms with E-state index in [0.717, 1.165) is 25.7 Å². The van der Waals surface area contributed by atoms with Crippen molar-refractivity contribution >= 4 is 5.97 Å². The average molecular weight is 170 g/mol. The summed E-state index contributed by atoms with van der Waals surface area (Å²) in [5, 5.41) is 9.20. The zero-order chi connectivity index (χ0) is 9.41. The van der Waals surface area contributed by atoms with E-state index < -0.39 is 11.4 Å². The molecule has 0 aliphatic heterocycles. The Hall–Kier alpha value is -0.530. The monoisotopic (exact) mass is 170 g/mol. The number of hydrogen-bond donors (Lipinski definition) is 1. The highest BCUT2D eigenvalue weighted by molar-refractivity contribution is 5.76. The van der Waals surface area contributed by atoms with Crippen molar-refractivity contribution in [3.8, 4) is 0 Å². The van der Waals surface area contributed by atoms with Gasteiger partial charge < -0.3 is 5.11 Å². The molecule has 1 saturated carbocycles. The molecule has 1 aliphatic carbocycles. The van der Waals surface area contributed by atoms with Crippen LogP contribution < -0.4 is 0 Å². The van der Waals surface area contributed by atoms with Crippen LogP contribution in [0.25, 0.3) is 0 Å². The maximum atomic E-state index is 11.2. The summed E-state index contributed by atoms with van der Waals surface area (Å²) in [5.74, 6) is -0.604. The molecule has 0 heterocycles. The third-order valence-electron chi connectivity index (χ3n) is 3.30. The molecule has 0 aromatic heterocycles. The van der Waals surface area contributed by atoms with E-state index in [-0.39, 0.29) is 5.41 Å². The Morgan fingerprint density at radius 1 is 1.25 bits per heavy atom. The van der Waals surface area contributed by atoms with Crippen molar-refractivity contribution in [3.05, 3.63) is 0 Å². The van der Waals surface area contributed by atoms with Gasteiger partial charge in [-0.3, -0.25) is 4.79 Å². The third kappa shape index (κ3) is 1.23. The minimum absolute atomic E-state index is 0.102. The Balaban J connectivity index is 2.94. The molecule has 0 amide bonds. The van der Waals surface area contributed by atoms with Gasteiger partial charge in [-0.25, -0.2) is 0 Å². The van der Waals surface area contributed by atoms with E-state index in [1.807, 2.05) is 20.8 Å². The SMILES string of the molecule is CC(C)(C)C1(C(=O)O)CCCC1. The molecule has 1 N–H and O–H groups in total. The molecule has 2 heteroatoms. The molecule has 1 fully saturated rings. The molecule has 0 saturated heterocycles. The summed E-state index contributed by atoms with van der Waals surface area (Å²) in [6.45, 7) is 6.10. The molecule has 0 spiro atoms. The van der Waals surface area contributed by atoms with E-state index in [1.165, 1.54) is 0 Å². The average Bonchev–Trinajstić information content (AvgIpc) is 2.31. The molecule has 0 aromatic carbocycles. The highest BCUT2D eigenvalue weighted by atomic mass is 16.4. The Kier molecular flexibility index (Phi) is 2.19. The van der Waals surface area contributed by atoms with E-state index in [0.29, 0.717) is 0 Å². The van der Waals surface area contributed by atoms with Crippen molar-refractivity contribution in [3.63, 3.8) is 0 Å². The molecule has 0 aromatic rings. The number of aliphatic carboxylic acids is 1.